The molecule has 0 N–H and O–H groups in total. The van der Waals surface area contributed by atoms with Crippen LogP contribution in [0.5, 0.6) is 0 Å². The van der Waals surface area contributed by atoms with Crippen molar-refractivity contribution in [1.29, 1.82) is 5.26 Å². The molecule has 0 saturated heterocycles. The molecule has 3 saturated carbocycles. The molecule has 0 amide bonds. The summed E-state index contributed by atoms with van der Waals surface area (Å²) >= 11 is 0. The summed E-state index contributed by atoms with van der Waals surface area (Å²) in [6, 6.07) is 2.84. The average Bonchev–Trinajstić information content (AvgIpc) is 2.67. The molecular weight excluding hydrogens is 314 g/mol. The first-order valence-corrected chi connectivity index (χ1v) is 12.1. The Kier molecular flexibility index (Phi) is 7.48. The Balaban J connectivity index is 1.53. The molecule has 0 heterocycles. The summed E-state index contributed by atoms with van der Waals surface area (Å²) in [4.78, 5) is 0. The lowest BCUT2D eigenvalue weighted by Gasteiger charge is -2.52. The molecule has 1 nitrogen and oxygen atoms in total. The van der Waals surface area contributed by atoms with Crippen molar-refractivity contribution in [3.8, 4) is 6.07 Å². The largest absolute Gasteiger partial charge is 0.198 e. The van der Waals surface area contributed by atoms with Gasteiger partial charge in [0.2, 0.25) is 0 Å². The van der Waals surface area contributed by atoms with E-state index in [0.717, 1.165) is 29.6 Å². The Morgan fingerprint density at radius 1 is 0.846 bits per heavy atom. The van der Waals surface area contributed by atoms with Crippen molar-refractivity contribution in [2.24, 2.45) is 35.0 Å². The second kappa shape index (κ2) is 9.61. The van der Waals surface area contributed by atoms with Crippen molar-refractivity contribution in [1.82, 2.24) is 0 Å². The van der Waals surface area contributed by atoms with E-state index in [-0.39, 0.29) is 5.41 Å². The third-order valence-electron chi connectivity index (χ3n) is 8.52. The first kappa shape index (κ1) is 20.2. The summed E-state index contributed by atoms with van der Waals surface area (Å²) in [5.41, 5.74) is 0.0413. The lowest BCUT2D eigenvalue weighted by Crippen LogP contribution is -2.44. The van der Waals surface area contributed by atoms with Crippen molar-refractivity contribution >= 4 is 0 Å². The van der Waals surface area contributed by atoms with Crippen LogP contribution in [0.4, 0.5) is 0 Å². The Morgan fingerprint density at radius 3 is 2.38 bits per heavy atom. The maximum Gasteiger partial charge on any atom is 0.0689 e. The third-order valence-corrected chi connectivity index (χ3v) is 8.52. The van der Waals surface area contributed by atoms with Gasteiger partial charge >= 0.3 is 0 Å². The van der Waals surface area contributed by atoms with Gasteiger partial charge in [0.05, 0.1) is 11.5 Å². The van der Waals surface area contributed by atoms with Crippen molar-refractivity contribution in [2.45, 2.75) is 117 Å². The minimum atomic E-state index is 0.0413. The molecule has 6 unspecified atom stereocenters. The number of nitrogens with zero attached hydrogens (tertiary/aromatic N) is 1. The van der Waals surface area contributed by atoms with Crippen molar-refractivity contribution < 1.29 is 0 Å². The summed E-state index contributed by atoms with van der Waals surface area (Å²) in [7, 11) is 0. The van der Waals surface area contributed by atoms with Crippen LogP contribution in [0.15, 0.2) is 0 Å². The van der Waals surface area contributed by atoms with Gasteiger partial charge in [0.15, 0.2) is 0 Å². The number of hydrogen-bond acceptors (Lipinski definition) is 1. The van der Waals surface area contributed by atoms with Crippen molar-refractivity contribution in [2.75, 3.05) is 0 Å². The molecule has 6 atom stereocenters. The first-order valence-electron chi connectivity index (χ1n) is 12.1. The third kappa shape index (κ3) is 4.66. The first-order chi connectivity index (χ1) is 12.7. The predicted octanol–water partition coefficient (Wildman–Crippen LogP) is 7.90. The van der Waals surface area contributed by atoms with E-state index >= 15 is 0 Å². The van der Waals surface area contributed by atoms with E-state index in [1.807, 2.05) is 0 Å². The molecule has 3 rings (SSSR count). The van der Waals surface area contributed by atoms with Crippen LogP contribution in [0.2, 0.25) is 0 Å². The van der Waals surface area contributed by atoms with Gasteiger partial charge < -0.3 is 0 Å². The highest BCUT2D eigenvalue weighted by molar-refractivity contribution is 5.06. The zero-order valence-corrected chi connectivity index (χ0v) is 17.6. The molecule has 0 spiro atoms. The van der Waals surface area contributed by atoms with Crippen LogP contribution in [-0.2, 0) is 0 Å². The molecule has 0 aromatic rings. The highest BCUT2D eigenvalue weighted by Crippen LogP contribution is 2.57. The van der Waals surface area contributed by atoms with E-state index in [2.05, 4.69) is 19.9 Å². The number of rotatable bonds is 8. The molecule has 0 aromatic carbocycles. The van der Waals surface area contributed by atoms with Gasteiger partial charge in [0, 0.05) is 0 Å². The van der Waals surface area contributed by atoms with E-state index in [1.165, 1.54) is 103 Å². The van der Waals surface area contributed by atoms with Gasteiger partial charge in [-0.3, -0.25) is 0 Å². The maximum absolute atomic E-state index is 10.0. The predicted molar refractivity (Wildman–Crippen MR) is 111 cm³/mol. The fraction of sp³-hybridized carbons (Fsp3) is 0.960. The second-order valence-corrected chi connectivity index (χ2v) is 10.2. The van der Waals surface area contributed by atoms with Crippen LogP contribution in [0.25, 0.3) is 0 Å². The Hall–Kier alpha value is -0.510. The highest BCUT2D eigenvalue weighted by Gasteiger charge is 2.48. The normalized spacial score (nSPS) is 39.7. The zero-order chi connectivity index (χ0) is 18.4. The quantitative estimate of drug-likeness (QED) is 0.405. The minimum absolute atomic E-state index is 0.0413. The van der Waals surface area contributed by atoms with Crippen LogP contribution < -0.4 is 0 Å². The van der Waals surface area contributed by atoms with Crippen LogP contribution in [-0.4, -0.2) is 0 Å². The number of nitriles is 1. The molecular formula is C25H43N. The minimum Gasteiger partial charge on any atom is -0.198 e. The number of unbranched alkanes of at least 4 members (excludes halogenated alkanes) is 4. The standard InChI is InChI=1S/C25H43N/c1-3-5-6-7-8-15-25(19-26)16-14-24-22(18-25)12-11-21-17-20(9-4-2)10-13-23(21)24/h20-24H,3-18H2,1-2H3. The molecule has 1 heteroatoms. The average molecular weight is 358 g/mol. The van der Waals surface area contributed by atoms with Gasteiger partial charge in [0.25, 0.3) is 0 Å². The number of fused-ring (bicyclic) bond motifs is 3. The van der Waals surface area contributed by atoms with Gasteiger partial charge in [-0.15, -0.1) is 0 Å². The highest BCUT2D eigenvalue weighted by atomic mass is 14.5. The zero-order valence-electron chi connectivity index (χ0n) is 17.6. The topological polar surface area (TPSA) is 23.8 Å². The SMILES string of the molecule is CCCCCCCC1(C#N)CCC2C(CCC3CC(CCC)CCC32)C1. The van der Waals surface area contributed by atoms with Gasteiger partial charge in [-0.25, -0.2) is 0 Å². The summed E-state index contributed by atoms with van der Waals surface area (Å²) in [6.07, 6.45) is 22.0. The summed E-state index contributed by atoms with van der Waals surface area (Å²) in [6.45, 7) is 4.64. The lowest BCUT2D eigenvalue weighted by molar-refractivity contribution is -0.0180. The molecule has 148 valence electrons. The monoisotopic (exact) mass is 357 g/mol. The molecule has 0 aromatic heterocycles. The Bertz CT molecular complexity index is 463. The van der Waals surface area contributed by atoms with E-state index < -0.39 is 0 Å². The smallest absolute Gasteiger partial charge is 0.0689 e. The number of hydrogen-bond donors (Lipinski definition) is 0. The van der Waals surface area contributed by atoms with Crippen molar-refractivity contribution in [3.05, 3.63) is 0 Å². The van der Waals surface area contributed by atoms with Crippen LogP contribution in [0.1, 0.15) is 117 Å². The molecule has 0 radical (unpaired) electrons. The van der Waals surface area contributed by atoms with Crippen LogP contribution >= 0.6 is 0 Å². The fourth-order valence-electron chi connectivity index (χ4n) is 7.14. The van der Waals surface area contributed by atoms with Crippen LogP contribution in [0, 0.1) is 46.3 Å². The molecule has 3 aliphatic carbocycles. The van der Waals surface area contributed by atoms with E-state index in [1.54, 1.807) is 0 Å². The lowest BCUT2D eigenvalue weighted by atomic mass is 9.52. The molecule has 3 fully saturated rings. The van der Waals surface area contributed by atoms with Crippen molar-refractivity contribution in [3.63, 3.8) is 0 Å². The molecule has 26 heavy (non-hydrogen) atoms. The van der Waals surface area contributed by atoms with E-state index in [9.17, 15) is 5.26 Å². The molecule has 0 bridgehead atoms. The van der Waals surface area contributed by atoms with Gasteiger partial charge in [-0.1, -0.05) is 65.2 Å². The molecule has 0 aliphatic heterocycles. The Labute approximate surface area is 163 Å². The van der Waals surface area contributed by atoms with E-state index in [0.29, 0.717) is 0 Å². The van der Waals surface area contributed by atoms with E-state index in [4.69, 9.17) is 0 Å². The second-order valence-electron chi connectivity index (χ2n) is 10.2. The van der Waals surface area contributed by atoms with Gasteiger partial charge in [-0.05, 0) is 81.0 Å². The Morgan fingerprint density at radius 2 is 1.62 bits per heavy atom. The van der Waals surface area contributed by atoms with Gasteiger partial charge in [0.1, 0.15) is 0 Å². The maximum atomic E-state index is 10.0. The fourth-order valence-corrected chi connectivity index (χ4v) is 7.14. The summed E-state index contributed by atoms with van der Waals surface area (Å²) in [5.74, 6) is 4.93. The van der Waals surface area contributed by atoms with Crippen LogP contribution in [0.3, 0.4) is 0 Å². The summed E-state index contributed by atoms with van der Waals surface area (Å²) in [5, 5.41) is 10.0. The summed E-state index contributed by atoms with van der Waals surface area (Å²) < 4.78 is 0. The van der Waals surface area contributed by atoms with Gasteiger partial charge in [-0.2, -0.15) is 5.26 Å². The molecule has 3 aliphatic rings.